The summed E-state index contributed by atoms with van der Waals surface area (Å²) in [6, 6.07) is 12.2. The molecule has 0 bridgehead atoms. The van der Waals surface area contributed by atoms with Crippen molar-refractivity contribution in [3.8, 4) is 0 Å². The number of nitrogens with zero attached hydrogens (tertiary/aromatic N) is 1. The van der Waals surface area contributed by atoms with Gasteiger partial charge in [-0.2, -0.15) is 11.8 Å². The van der Waals surface area contributed by atoms with E-state index in [1.54, 1.807) is 0 Å². The summed E-state index contributed by atoms with van der Waals surface area (Å²) in [6.07, 6.45) is 1.33. The summed E-state index contributed by atoms with van der Waals surface area (Å²) in [4.78, 5) is 2.59. The van der Waals surface area contributed by atoms with E-state index in [1.807, 2.05) is 0 Å². The van der Waals surface area contributed by atoms with Gasteiger partial charge < -0.3 is 5.32 Å². The van der Waals surface area contributed by atoms with Gasteiger partial charge in [0, 0.05) is 24.4 Å². The Balaban J connectivity index is 2.02. The summed E-state index contributed by atoms with van der Waals surface area (Å²) in [5.41, 5.74) is 1.43. The minimum absolute atomic E-state index is 0.485. The van der Waals surface area contributed by atoms with Crippen molar-refractivity contribution in [1.82, 2.24) is 10.2 Å². The molecule has 1 heterocycles. The summed E-state index contributed by atoms with van der Waals surface area (Å²) in [5, 5.41) is 3.64. The number of hydrogen-bond acceptors (Lipinski definition) is 3. The van der Waals surface area contributed by atoms with Crippen LogP contribution in [-0.4, -0.2) is 42.6 Å². The third-order valence-corrected chi connectivity index (χ3v) is 5.19. The molecule has 20 heavy (non-hydrogen) atoms. The van der Waals surface area contributed by atoms with Gasteiger partial charge in [0.25, 0.3) is 0 Å². The van der Waals surface area contributed by atoms with Gasteiger partial charge in [-0.05, 0) is 37.2 Å². The molecule has 2 atom stereocenters. The number of hydrogen-bond donors (Lipinski definition) is 1. The van der Waals surface area contributed by atoms with E-state index < -0.39 is 0 Å². The van der Waals surface area contributed by atoms with Crippen molar-refractivity contribution in [3.63, 3.8) is 0 Å². The lowest BCUT2D eigenvalue weighted by Crippen LogP contribution is -2.40. The third-order valence-electron chi connectivity index (χ3n) is 4.05. The van der Waals surface area contributed by atoms with Crippen LogP contribution in [0.25, 0.3) is 0 Å². The minimum Gasteiger partial charge on any atom is -0.315 e. The highest BCUT2D eigenvalue weighted by Crippen LogP contribution is 2.28. The first-order valence-corrected chi connectivity index (χ1v) is 8.89. The molecule has 2 rings (SSSR count). The van der Waals surface area contributed by atoms with E-state index in [1.165, 1.54) is 23.5 Å². The van der Waals surface area contributed by atoms with Crippen LogP contribution in [0.1, 0.15) is 31.9 Å². The molecule has 1 aromatic carbocycles. The van der Waals surface area contributed by atoms with Crippen LogP contribution >= 0.6 is 11.8 Å². The Hall–Kier alpha value is -0.510. The quantitative estimate of drug-likeness (QED) is 0.829. The molecule has 2 unspecified atom stereocenters. The normalized spacial score (nSPS) is 20.8. The van der Waals surface area contributed by atoms with E-state index in [0.717, 1.165) is 19.1 Å². The second-order valence-electron chi connectivity index (χ2n) is 6.16. The van der Waals surface area contributed by atoms with E-state index in [9.17, 15) is 0 Å². The second-order valence-corrected chi connectivity index (χ2v) is 7.31. The van der Waals surface area contributed by atoms with Crippen molar-refractivity contribution in [1.29, 1.82) is 0 Å². The molecule has 1 aromatic rings. The van der Waals surface area contributed by atoms with Crippen molar-refractivity contribution in [2.45, 2.75) is 32.4 Å². The molecule has 1 fully saturated rings. The van der Waals surface area contributed by atoms with E-state index in [-0.39, 0.29) is 0 Å². The van der Waals surface area contributed by atoms with E-state index in [2.05, 4.69) is 73.2 Å². The lowest BCUT2D eigenvalue weighted by atomic mass is 10.0. The summed E-state index contributed by atoms with van der Waals surface area (Å²) >= 11 is 2.09. The Morgan fingerprint density at radius 2 is 2.00 bits per heavy atom. The summed E-state index contributed by atoms with van der Waals surface area (Å²) in [6.45, 7) is 6.67. The maximum atomic E-state index is 3.64. The highest BCUT2D eigenvalue weighted by molar-refractivity contribution is 7.99. The largest absolute Gasteiger partial charge is 0.315 e. The van der Waals surface area contributed by atoms with Crippen LogP contribution in [-0.2, 0) is 0 Å². The first kappa shape index (κ1) is 15.9. The van der Waals surface area contributed by atoms with Gasteiger partial charge >= 0.3 is 0 Å². The van der Waals surface area contributed by atoms with Crippen molar-refractivity contribution in [2.24, 2.45) is 5.92 Å². The van der Waals surface area contributed by atoms with Gasteiger partial charge in [0.2, 0.25) is 0 Å². The lowest BCUT2D eigenvalue weighted by molar-refractivity contribution is 0.183. The van der Waals surface area contributed by atoms with E-state index >= 15 is 0 Å². The smallest absolute Gasteiger partial charge is 0.0472 e. The zero-order valence-electron chi connectivity index (χ0n) is 13.0. The topological polar surface area (TPSA) is 15.3 Å². The van der Waals surface area contributed by atoms with Crippen LogP contribution in [0.3, 0.4) is 0 Å². The molecule has 3 heteroatoms. The minimum atomic E-state index is 0.485. The molecule has 1 saturated heterocycles. The van der Waals surface area contributed by atoms with Gasteiger partial charge in [-0.25, -0.2) is 0 Å². The Bertz CT molecular complexity index is 374. The number of rotatable bonds is 7. The molecular formula is C17H28N2S. The van der Waals surface area contributed by atoms with Crippen molar-refractivity contribution in [3.05, 3.63) is 35.9 Å². The van der Waals surface area contributed by atoms with Crippen molar-refractivity contribution in [2.75, 3.05) is 31.6 Å². The molecule has 1 aliphatic rings. The predicted molar refractivity (Wildman–Crippen MR) is 90.4 cm³/mol. The van der Waals surface area contributed by atoms with Crippen molar-refractivity contribution >= 4 is 11.8 Å². The Kier molecular flexibility index (Phi) is 6.40. The SMILES string of the molecule is CC(C)CNCC(c1ccccc1)N(C)C1CCSC1. The maximum absolute atomic E-state index is 3.64. The molecular weight excluding hydrogens is 264 g/mol. The van der Waals surface area contributed by atoms with Gasteiger partial charge in [-0.1, -0.05) is 44.2 Å². The lowest BCUT2D eigenvalue weighted by Gasteiger charge is -2.33. The third kappa shape index (κ3) is 4.51. The maximum Gasteiger partial charge on any atom is 0.0472 e. The van der Waals surface area contributed by atoms with Gasteiger partial charge in [0.05, 0.1) is 0 Å². The highest BCUT2D eigenvalue weighted by Gasteiger charge is 2.26. The molecule has 0 aliphatic carbocycles. The van der Waals surface area contributed by atoms with Crippen molar-refractivity contribution < 1.29 is 0 Å². The fourth-order valence-corrected chi connectivity index (χ4v) is 4.06. The molecule has 0 spiro atoms. The summed E-state index contributed by atoms with van der Waals surface area (Å²) < 4.78 is 0. The van der Waals surface area contributed by atoms with Gasteiger partial charge in [0.15, 0.2) is 0 Å². The van der Waals surface area contributed by atoms with E-state index in [0.29, 0.717) is 12.0 Å². The first-order valence-electron chi connectivity index (χ1n) is 7.74. The zero-order valence-corrected chi connectivity index (χ0v) is 13.8. The Morgan fingerprint density at radius 1 is 1.25 bits per heavy atom. The molecule has 112 valence electrons. The van der Waals surface area contributed by atoms with Crippen LogP contribution in [0, 0.1) is 5.92 Å². The molecule has 1 aliphatic heterocycles. The molecule has 0 amide bonds. The fourth-order valence-electron chi connectivity index (χ4n) is 2.78. The highest BCUT2D eigenvalue weighted by atomic mass is 32.2. The predicted octanol–water partition coefficient (Wildman–Crippen LogP) is 3.41. The van der Waals surface area contributed by atoms with Crippen LogP contribution in [0.5, 0.6) is 0 Å². The molecule has 2 nitrogen and oxygen atoms in total. The summed E-state index contributed by atoms with van der Waals surface area (Å²) in [7, 11) is 2.30. The number of benzene rings is 1. The Labute approximate surface area is 128 Å². The number of nitrogens with one attached hydrogen (secondary N) is 1. The van der Waals surface area contributed by atoms with Crippen LogP contribution in [0.2, 0.25) is 0 Å². The molecule has 0 radical (unpaired) electrons. The summed E-state index contributed by atoms with van der Waals surface area (Å²) in [5.74, 6) is 3.30. The molecule has 0 aromatic heterocycles. The monoisotopic (exact) mass is 292 g/mol. The molecule has 0 saturated carbocycles. The van der Waals surface area contributed by atoms with E-state index in [4.69, 9.17) is 0 Å². The van der Waals surface area contributed by atoms with Gasteiger partial charge in [0.1, 0.15) is 0 Å². The van der Waals surface area contributed by atoms with Crippen LogP contribution in [0.4, 0.5) is 0 Å². The van der Waals surface area contributed by atoms with Crippen LogP contribution in [0.15, 0.2) is 30.3 Å². The average molecular weight is 292 g/mol. The standard InChI is InChI=1S/C17H28N2S/c1-14(2)11-18-12-17(15-7-5-4-6-8-15)19(3)16-9-10-20-13-16/h4-8,14,16-18H,9-13H2,1-3H3. The van der Waals surface area contributed by atoms with Crippen LogP contribution < -0.4 is 5.32 Å². The number of thioether (sulfide) groups is 1. The fraction of sp³-hybridized carbons (Fsp3) is 0.647. The zero-order chi connectivity index (χ0) is 14.4. The molecule has 1 N–H and O–H groups in total. The first-order chi connectivity index (χ1) is 9.68. The van der Waals surface area contributed by atoms with Gasteiger partial charge in [-0.15, -0.1) is 0 Å². The average Bonchev–Trinajstić information content (AvgIpc) is 2.98. The van der Waals surface area contributed by atoms with Gasteiger partial charge in [-0.3, -0.25) is 4.90 Å². The number of likely N-dealkylation sites (N-methyl/N-ethyl adjacent to an activating group) is 1. The Morgan fingerprint density at radius 3 is 2.60 bits per heavy atom. The second kappa shape index (κ2) is 8.06.